The first-order valence-electron chi connectivity index (χ1n) is 16.3. The second-order valence-corrected chi connectivity index (χ2v) is 15.4. The lowest BCUT2D eigenvalue weighted by molar-refractivity contribution is 0.332. The van der Waals surface area contributed by atoms with Crippen molar-refractivity contribution in [3.8, 4) is 11.1 Å². The van der Waals surface area contributed by atoms with Gasteiger partial charge in [-0.1, -0.05) is 151 Å². The minimum Gasteiger partial charge on any atom is -0.0882 e. The van der Waals surface area contributed by atoms with Crippen LogP contribution in [0.2, 0.25) is 0 Å². The molecule has 0 fully saturated rings. The highest BCUT2D eigenvalue weighted by molar-refractivity contribution is 5.81. The molecule has 0 N–H and O–H groups in total. The third-order valence-electron chi connectivity index (χ3n) is 10.5. The number of benzene rings is 2. The summed E-state index contributed by atoms with van der Waals surface area (Å²) in [6.07, 6.45) is 29.5. The Balaban J connectivity index is 1.35. The third kappa shape index (κ3) is 5.27. The summed E-state index contributed by atoms with van der Waals surface area (Å²) in [6, 6.07) is 14.7. The van der Waals surface area contributed by atoms with E-state index in [4.69, 9.17) is 0 Å². The molecule has 0 bridgehead atoms. The maximum absolute atomic E-state index is 2.56. The van der Waals surface area contributed by atoms with Crippen molar-refractivity contribution >= 4 is 0 Å². The van der Waals surface area contributed by atoms with E-state index in [1.54, 1.807) is 5.57 Å². The van der Waals surface area contributed by atoms with Crippen LogP contribution < -0.4 is 0 Å². The Hall–Kier alpha value is -3.12. The van der Waals surface area contributed by atoms with E-state index in [9.17, 15) is 0 Å². The number of fused-ring (bicyclic) bond motifs is 4. The van der Waals surface area contributed by atoms with Crippen LogP contribution in [0.15, 0.2) is 108 Å². The summed E-state index contributed by atoms with van der Waals surface area (Å²) in [7, 11) is 0. The molecule has 0 saturated carbocycles. The number of allylic oxidation sites excluding steroid dienone is 12. The molecule has 2 aromatic carbocycles. The lowest BCUT2D eigenvalue weighted by Gasteiger charge is -2.39. The van der Waals surface area contributed by atoms with Gasteiger partial charge in [-0.15, -0.1) is 0 Å². The van der Waals surface area contributed by atoms with Gasteiger partial charge < -0.3 is 0 Å². The summed E-state index contributed by atoms with van der Waals surface area (Å²) in [4.78, 5) is 0. The zero-order valence-electron chi connectivity index (χ0n) is 27.0. The van der Waals surface area contributed by atoms with Crippen molar-refractivity contribution in [2.45, 2.75) is 97.3 Å². The van der Waals surface area contributed by atoms with Crippen LogP contribution in [0, 0.1) is 17.3 Å². The normalized spacial score (nSPS) is 22.7. The fourth-order valence-electron chi connectivity index (χ4n) is 7.86. The molecule has 42 heavy (non-hydrogen) atoms. The third-order valence-corrected chi connectivity index (χ3v) is 10.5. The first-order valence-corrected chi connectivity index (χ1v) is 16.3. The quantitative estimate of drug-likeness (QED) is 0.299. The van der Waals surface area contributed by atoms with E-state index in [0.717, 1.165) is 25.7 Å². The molecule has 0 heterocycles. The fourth-order valence-corrected chi connectivity index (χ4v) is 7.86. The van der Waals surface area contributed by atoms with Gasteiger partial charge in [-0.2, -0.15) is 0 Å². The molecule has 218 valence electrons. The van der Waals surface area contributed by atoms with Crippen molar-refractivity contribution in [3.63, 3.8) is 0 Å². The van der Waals surface area contributed by atoms with Gasteiger partial charge in [0.15, 0.2) is 0 Å². The van der Waals surface area contributed by atoms with Crippen LogP contribution in [0.25, 0.3) is 11.1 Å². The molecule has 4 aliphatic carbocycles. The first-order chi connectivity index (χ1) is 20.0. The molecule has 0 amide bonds. The second-order valence-electron chi connectivity index (χ2n) is 15.4. The van der Waals surface area contributed by atoms with Crippen LogP contribution in [-0.2, 0) is 10.8 Å². The van der Waals surface area contributed by atoms with E-state index >= 15 is 0 Å². The Labute approximate surface area is 255 Å². The minimum atomic E-state index is 0.0129. The Morgan fingerprint density at radius 2 is 1.40 bits per heavy atom. The van der Waals surface area contributed by atoms with E-state index < -0.39 is 0 Å². The van der Waals surface area contributed by atoms with Crippen molar-refractivity contribution in [1.29, 1.82) is 0 Å². The van der Waals surface area contributed by atoms with Gasteiger partial charge in [0.25, 0.3) is 0 Å². The van der Waals surface area contributed by atoms with Gasteiger partial charge in [0.2, 0.25) is 0 Å². The van der Waals surface area contributed by atoms with Crippen LogP contribution in [0.5, 0.6) is 0 Å². The number of rotatable bonds is 7. The predicted molar refractivity (Wildman–Crippen MR) is 182 cm³/mol. The lowest BCUT2D eigenvalue weighted by atomic mass is 9.64. The first kappa shape index (κ1) is 29.0. The van der Waals surface area contributed by atoms with Gasteiger partial charge in [-0.05, 0) is 87.8 Å². The highest BCUT2D eigenvalue weighted by atomic mass is 14.5. The summed E-state index contributed by atoms with van der Waals surface area (Å²) < 4.78 is 0. The van der Waals surface area contributed by atoms with E-state index in [2.05, 4.69) is 146 Å². The summed E-state index contributed by atoms with van der Waals surface area (Å²) in [5.41, 5.74) is 12.2. The average Bonchev–Trinajstić information content (AvgIpc) is 3.69. The SMILES string of the molecule is CC(C)(C)c1ccc2c(c1)C(C(C)(CCC=CCC1=CCC3C=CC=CC13)C1=CCC=C1)c1cc(C(C)(C)C)ccc1-2. The summed E-state index contributed by atoms with van der Waals surface area (Å²) >= 11 is 0. The number of hydrogen-bond donors (Lipinski definition) is 0. The van der Waals surface area contributed by atoms with Crippen LogP contribution in [0.4, 0.5) is 0 Å². The van der Waals surface area contributed by atoms with Crippen LogP contribution in [-0.4, -0.2) is 0 Å². The molecule has 0 spiro atoms. The molecule has 3 atom stereocenters. The lowest BCUT2D eigenvalue weighted by Crippen LogP contribution is -2.28. The molecule has 0 radical (unpaired) electrons. The van der Waals surface area contributed by atoms with Crippen LogP contribution in [0.1, 0.15) is 109 Å². The Kier molecular flexibility index (Phi) is 7.49. The summed E-state index contributed by atoms with van der Waals surface area (Å²) in [5, 5.41) is 0. The zero-order valence-corrected chi connectivity index (χ0v) is 27.0. The highest BCUT2D eigenvalue weighted by Crippen LogP contribution is 2.59. The van der Waals surface area contributed by atoms with Crippen molar-refractivity contribution in [2.75, 3.05) is 0 Å². The molecule has 2 aromatic rings. The Bertz CT molecular complexity index is 1470. The molecule has 0 saturated heterocycles. The standard InChI is InChI=1S/C42H50/c1-40(2,3)32-22-24-35-36-25-23-33(41(4,5)6)28-38(36)39(37(35)27-32)42(7,31-17-11-12-18-31)26-14-8-9-15-29-20-21-30-16-10-13-19-34(29)30/h8-11,13,16-20,22-25,27-28,30,34,39H,12,14-15,21,26H2,1-7H3. The molecule has 3 unspecified atom stereocenters. The molecule has 0 aromatic heterocycles. The van der Waals surface area contributed by atoms with Crippen molar-refractivity contribution in [3.05, 3.63) is 131 Å². The summed E-state index contributed by atoms with van der Waals surface area (Å²) in [6.45, 7) is 16.6. The van der Waals surface area contributed by atoms with Gasteiger partial charge >= 0.3 is 0 Å². The summed E-state index contributed by atoms with van der Waals surface area (Å²) in [5.74, 6) is 1.63. The maximum atomic E-state index is 2.56. The van der Waals surface area contributed by atoms with Crippen molar-refractivity contribution in [2.24, 2.45) is 17.3 Å². The van der Waals surface area contributed by atoms with Gasteiger partial charge in [0.1, 0.15) is 0 Å². The largest absolute Gasteiger partial charge is 0.0882 e. The minimum absolute atomic E-state index is 0.0129. The second kappa shape index (κ2) is 10.9. The molecule has 6 rings (SSSR count). The Morgan fingerprint density at radius 1 is 0.762 bits per heavy atom. The molecular weight excluding hydrogens is 504 g/mol. The highest BCUT2D eigenvalue weighted by Gasteiger charge is 2.44. The monoisotopic (exact) mass is 554 g/mol. The molecule has 0 nitrogen and oxygen atoms in total. The van der Waals surface area contributed by atoms with Crippen molar-refractivity contribution < 1.29 is 0 Å². The van der Waals surface area contributed by atoms with E-state index in [-0.39, 0.29) is 16.2 Å². The molecular formula is C42H50. The topological polar surface area (TPSA) is 0 Å². The van der Waals surface area contributed by atoms with Gasteiger partial charge in [0, 0.05) is 17.3 Å². The van der Waals surface area contributed by atoms with Crippen LogP contribution in [0.3, 0.4) is 0 Å². The molecule has 0 aliphatic heterocycles. The fraction of sp³-hybridized carbons (Fsp3) is 0.429. The van der Waals surface area contributed by atoms with E-state index in [1.807, 2.05) is 0 Å². The van der Waals surface area contributed by atoms with Crippen molar-refractivity contribution in [1.82, 2.24) is 0 Å². The zero-order chi connectivity index (χ0) is 29.7. The maximum Gasteiger partial charge on any atom is 0.0196 e. The van der Waals surface area contributed by atoms with Crippen LogP contribution >= 0.6 is 0 Å². The van der Waals surface area contributed by atoms with Gasteiger partial charge in [0.05, 0.1) is 0 Å². The van der Waals surface area contributed by atoms with E-state index in [0.29, 0.717) is 17.8 Å². The Morgan fingerprint density at radius 3 is 2.00 bits per heavy atom. The van der Waals surface area contributed by atoms with Gasteiger partial charge in [-0.25, -0.2) is 0 Å². The predicted octanol–water partition coefficient (Wildman–Crippen LogP) is 11.7. The number of hydrogen-bond acceptors (Lipinski definition) is 0. The van der Waals surface area contributed by atoms with E-state index in [1.165, 1.54) is 45.4 Å². The average molecular weight is 555 g/mol. The van der Waals surface area contributed by atoms with Gasteiger partial charge in [-0.3, -0.25) is 0 Å². The molecule has 0 heteroatoms. The molecule has 4 aliphatic rings. The smallest absolute Gasteiger partial charge is 0.0196 e.